The molecule has 1 rings (SSSR count). The van der Waals surface area contributed by atoms with Gasteiger partial charge in [-0.2, -0.15) is 17.5 Å². The van der Waals surface area contributed by atoms with Crippen molar-refractivity contribution in [1.29, 1.82) is 0 Å². The zero-order valence-corrected chi connectivity index (χ0v) is 12.8. The summed E-state index contributed by atoms with van der Waals surface area (Å²) in [4.78, 5) is -0.392. The van der Waals surface area contributed by atoms with E-state index in [1.165, 1.54) is 0 Å². The summed E-state index contributed by atoms with van der Waals surface area (Å²) in [6.07, 6.45) is -4.41. The molecule has 0 N–H and O–H groups in total. The number of halogens is 5. The first kappa shape index (κ1) is 17.4. The fraction of sp³-hybridized carbons (Fsp3) is 0.455. The molecule has 0 fully saturated rings. The Hall–Kier alpha value is -0.670. The maximum atomic E-state index is 12.9. The molecule has 3 nitrogen and oxygen atoms in total. The first-order valence-electron chi connectivity index (χ1n) is 5.60. The van der Waals surface area contributed by atoms with E-state index in [4.69, 9.17) is 0 Å². The summed E-state index contributed by atoms with van der Waals surface area (Å²) in [7, 11) is -4.34. The highest BCUT2D eigenvalue weighted by atomic mass is 79.9. The lowest BCUT2D eigenvalue weighted by molar-refractivity contribution is -0.136. The smallest absolute Gasteiger partial charge is 0.207 e. The number of hydrogen-bond acceptors (Lipinski definition) is 2. The zero-order chi connectivity index (χ0) is 15.6. The van der Waals surface area contributed by atoms with Crippen molar-refractivity contribution in [2.75, 3.05) is 13.1 Å². The van der Waals surface area contributed by atoms with Crippen molar-refractivity contribution in [2.24, 2.45) is 0 Å². The van der Waals surface area contributed by atoms with Gasteiger partial charge in [-0.15, -0.1) is 0 Å². The van der Waals surface area contributed by atoms with Gasteiger partial charge < -0.3 is 0 Å². The molecule has 0 unspecified atom stereocenters. The molecule has 0 saturated heterocycles. The molecule has 0 radical (unpaired) electrons. The van der Waals surface area contributed by atoms with Crippen LogP contribution in [-0.4, -0.2) is 32.0 Å². The van der Waals surface area contributed by atoms with Crippen LogP contribution in [0.5, 0.6) is 0 Å². The molecule has 0 aromatic heterocycles. The van der Waals surface area contributed by atoms with Gasteiger partial charge in [0.15, 0.2) is 0 Å². The monoisotopic (exact) mass is 377 g/mol. The Balaban J connectivity index is 3.22. The summed E-state index contributed by atoms with van der Waals surface area (Å²) in [5.74, 6) is -0.686. The Kier molecular flexibility index (Phi) is 5.56. The van der Waals surface area contributed by atoms with Gasteiger partial charge in [-0.1, -0.05) is 6.92 Å². The molecule has 20 heavy (non-hydrogen) atoms. The van der Waals surface area contributed by atoms with E-state index >= 15 is 0 Å². The summed E-state index contributed by atoms with van der Waals surface area (Å²) < 4.78 is 75.0. The minimum atomic E-state index is -4.64. The lowest BCUT2D eigenvalue weighted by atomic mass is 10.3. The van der Waals surface area contributed by atoms with Gasteiger partial charge in [0.1, 0.15) is 12.4 Å². The standard InChI is InChI=1S/C11H12BrF4NO2S/c1-2-5-17(7-11(14,15)16)20(18,19)10-4-3-8(13)6-9(10)12/h3-4,6H,2,5,7H2,1H3. The quantitative estimate of drug-likeness (QED) is 0.735. The summed E-state index contributed by atoms with van der Waals surface area (Å²) in [6, 6.07) is 2.72. The number of hydrogen-bond donors (Lipinski definition) is 0. The van der Waals surface area contributed by atoms with Crippen LogP contribution in [0, 0.1) is 5.82 Å². The van der Waals surface area contributed by atoms with Crippen LogP contribution in [0.4, 0.5) is 17.6 Å². The molecule has 0 saturated carbocycles. The third-order valence-corrected chi connectivity index (χ3v) is 5.16. The molecular weight excluding hydrogens is 366 g/mol. The van der Waals surface area contributed by atoms with Crippen LogP contribution in [0.2, 0.25) is 0 Å². The van der Waals surface area contributed by atoms with E-state index in [-0.39, 0.29) is 17.4 Å². The molecule has 0 amide bonds. The second kappa shape index (κ2) is 6.40. The number of nitrogens with zero attached hydrogens (tertiary/aromatic N) is 1. The number of rotatable bonds is 5. The summed E-state index contributed by atoms with van der Waals surface area (Å²) >= 11 is 2.85. The SMILES string of the molecule is CCCN(CC(F)(F)F)S(=O)(=O)c1ccc(F)cc1Br. The van der Waals surface area contributed by atoms with Crippen molar-refractivity contribution >= 4 is 26.0 Å². The molecule has 1 aromatic rings. The maximum Gasteiger partial charge on any atom is 0.402 e. The number of benzene rings is 1. The van der Waals surface area contributed by atoms with E-state index in [0.29, 0.717) is 4.31 Å². The van der Waals surface area contributed by atoms with Crippen LogP contribution in [0.1, 0.15) is 13.3 Å². The molecule has 1 aromatic carbocycles. The van der Waals surface area contributed by atoms with E-state index in [9.17, 15) is 26.0 Å². The van der Waals surface area contributed by atoms with Crippen LogP contribution in [-0.2, 0) is 10.0 Å². The van der Waals surface area contributed by atoms with Crippen molar-refractivity contribution in [1.82, 2.24) is 4.31 Å². The molecule has 0 heterocycles. The van der Waals surface area contributed by atoms with E-state index in [2.05, 4.69) is 15.9 Å². The minimum Gasteiger partial charge on any atom is -0.207 e. The van der Waals surface area contributed by atoms with E-state index < -0.39 is 33.5 Å². The molecule has 0 aliphatic heterocycles. The average Bonchev–Trinajstić information content (AvgIpc) is 2.26. The number of sulfonamides is 1. The molecule has 0 aliphatic rings. The molecule has 0 atom stereocenters. The molecule has 0 spiro atoms. The Bertz CT molecular complexity index is 574. The van der Waals surface area contributed by atoms with Crippen LogP contribution >= 0.6 is 15.9 Å². The predicted molar refractivity (Wildman–Crippen MR) is 69.2 cm³/mol. The Morgan fingerprint density at radius 3 is 2.35 bits per heavy atom. The summed E-state index contributed by atoms with van der Waals surface area (Å²) in [5.41, 5.74) is 0. The lowest BCUT2D eigenvalue weighted by Crippen LogP contribution is -2.39. The van der Waals surface area contributed by atoms with Crippen molar-refractivity contribution in [3.05, 3.63) is 28.5 Å². The zero-order valence-electron chi connectivity index (χ0n) is 10.4. The van der Waals surface area contributed by atoms with Gasteiger partial charge >= 0.3 is 6.18 Å². The third kappa shape index (κ3) is 4.42. The lowest BCUT2D eigenvalue weighted by Gasteiger charge is -2.23. The summed E-state index contributed by atoms with van der Waals surface area (Å²) in [5, 5.41) is 0. The van der Waals surface area contributed by atoms with Crippen molar-refractivity contribution in [2.45, 2.75) is 24.4 Å². The van der Waals surface area contributed by atoms with Gasteiger partial charge in [-0.05, 0) is 40.5 Å². The Morgan fingerprint density at radius 1 is 1.30 bits per heavy atom. The average molecular weight is 378 g/mol. The van der Waals surface area contributed by atoms with Gasteiger partial charge in [0.2, 0.25) is 10.0 Å². The fourth-order valence-electron chi connectivity index (χ4n) is 1.56. The third-order valence-electron chi connectivity index (χ3n) is 2.34. The molecule has 0 aliphatic carbocycles. The first-order valence-corrected chi connectivity index (χ1v) is 7.83. The molecule has 0 bridgehead atoms. The van der Waals surface area contributed by atoms with Crippen LogP contribution in [0.3, 0.4) is 0 Å². The first-order chi connectivity index (χ1) is 9.08. The second-order valence-electron chi connectivity index (χ2n) is 4.03. The second-order valence-corrected chi connectivity index (χ2v) is 6.79. The van der Waals surface area contributed by atoms with Crippen molar-refractivity contribution in [3.63, 3.8) is 0 Å². The highest BCUT2D eigenvalue weighted by Crippen LogP contribution is 2.28. The topological polar surface area (TPSA) is 37.4 Å². The molecule has 114 valence electrons. The maximum absolute atomic E-state index is 12.9. The summed E-state index contributed by atoms with van der Waals surface area (Å²) in [6.45, 7) is -0.281. The Labute approximate surface area is 122 Å². The van der Waals surface area contributed by atoms with Gasteiger partial charge in [-0.25, -0.2) is 12.8 Å². The van der Waals surface area contributed by atoms with Gasteiger partial charge in [0.25, 0.3) is 0 Å². The van der Waals surface area contributed by atoms with E-state index in [0.717, 1.165) is 18.2 Å². The van der Waals surface area contributed by atoms with Gasteiger partial charge in [-0.3, -0.25) is 0 Å². The largest absolute Gasteiger partial charge is 0.402 e. The Morgan fingerprint density at radius 2 is 1.90 bits per heavy atom. The van der Waals surface area contributed by atoms with Crippen LogP contribution in [0.15, 0.2) is 27.6 Å². The predicted octanol–water partition coefficient (Wildman–Crippen LogP) is 3.55. The van der Waals surface area contributed by atoms with Gasteiger partial charge in [0, 0.05) is 11.0 Å². The van der Waals surface area contributed by atoms with Crippen LogP contribution in [0.25, 0.3) is 0 Å². The highest BCUT2D eigenvalue weighted by Gasteiger charge is 2.37. The van der Waals surface area contributed by atoms with Gasteiger partial charge in [0.05, 0.1) is 4.90 Å². The van der Waals surface area contributed by atoms with E-state index in [1.807, 2.05) is 0 Å². The minimum absolute atomic E-state index is 0.110. The molecular formula is C11H12BrF4NO2S. The number of alkyl halides is 3. The fourth-order valence-corrected chi connectivity index (χ4v) is 4.08. The molecule has 9 heteroatoms. The van der Waals surface area contributed by atoms with Crippen molar-refractivity contribution in [3.8, 4) is 0 Å². The van der Waals surface area contributed by atoms with Crippen LogP contribution < -0.4 is 0 Å². The van der Waals surface area contributed by atoms with E-state index in [1.54, 1.807) is 6.92 Å². The highest BCUT2D eigenvalue weighted by molar-refractivity contribution is 9.10. The normalized spacial score (nSPS) is 12.9. The van der Waals surface area contributed by atoms with Crippen molar-refractivity contribution < 1.29 is 26.0 Å².